The quantitative estimate of drug-likeness (QED) is 0.424. The summed E-state index contributed by atoms with van der Waals surface area (Å²) in [5, 5.41) is 21.5. The van der Waals surface area contributed by atoms with Crippen LogP contribution >= 0.6 is 0 Å². The number of nitrogens with zero attached hydrogens (tertiary/aromatic N) is 2. The normalized spacial score (nSPS) is 15.3. The number of hydrogen-bond donors (Lipinski definition) is 4. The number of carbonyl (C=O) groups excluding carboxylic acids is 3. The molecule has 0 aliphatic rings. The molecule has 0 aliphatic carbocycles. The number of benzene rings is 1. The Morgan fingerprint density at radius 2 is 2.00 bits per heavy atom. The van der Waals surface area contributed by atoms with Gasteiger partial charge in [-0.15, -0.1) is 0 Å². The maximum atomic E-state index is 13.2. The number of carbonyl (C=O) groups is 3. The van der Waals surface area contributed by atoms with Crippen molar-refractivity contribution in [3.8, 4) is 5.75 Å². The summed E-state index contributed by atoms with van der Waals surface area (Å²) in [6.07, 6.45) is 1.45. The van der Waals surface area contributed by atoms with Gasteiger partial charge in [-0.25, -0.2) is 4.98 Å². The van der Waals surface area contributed by atoms with Gasteiger partial charge in [0, 0.05) is 12.6 Å². The summed E-state index contributed by atoms with van der Waals surface area (Å²) in [7, 11) is 0. The first-order valence-corrected chi connectivity index (χ1v) is 8.88. The highest BCUT2D eigenvalue weighted by Gasteiger charge is 2.33. The number of aldehydes is 1. The van der Waals surface area contributed by atoms with Crippen LogP contribution in [0.1, 0.15) is 13.9 Å². The predicted octanol–water partition coefficient (Wildman–Crippen LogP) is -0.245. The Morgan fingerprint density at radius 1 is 1.31 bits per heavy atom. The van der Waals surface area contributed by atoms with E-state index in [0.29, 0.717) is 5.56 Å². The lowest BCUT2D eigenvalue weighted by Gasteiger charge is -2.31. The van der Waals surface area contributed by atoms with Crippen LogP contribution in [-0.2, 0) is 20.8 Å². The van der Waals surface area contributed by atoms with E-state index in [-0.39, 0.29) is 24.3 Å². The Kier molecular flexibility index (Phi) is 7.26. The molecule has 1 aromatic carbocycles. The lowest BCUT2D eigenvalue weighted by molar-refractivity contribution is -0.129. The zero-order valence-corrected chi connectivity index (χ0v) is 15.9. The first-order valence-electron chi connectivity index (χ1n) is 9.38. The van der Waals surface area contributed by atoms with E-state index in [1.54, 1.807) is 12.1 Å². The SMILES string of the molecule is [2H][C@@](C=O)(Cc1ccc(O)cc1)N(C(=O)[C@H](CO)NC(=O)[C@H](C)N)c1ccccn1. The zero-order valence-electron chi connectivity index (χ0n) is 16.9. The number of aromatic hydroxyl groups is 1. The molecule has 2 amide bonds. The van der Waals surface area contributed by atoms with Crippen LogP contribution in [0.3, 0.4) is 0 Å². The van der Waals surface area contributed by atoms with Crippen LogP contribution in [0.5, 0.6) is 5.75 Å². The van der Waals surface area contributed by atoms with E-state index >= 15 is 0 Å². The van der Waals surface area contributed by atoms with Crippen molar-refractivity contribution in [3.63, 3.8) is 0 Å². The number of anilines is 1. The zero-order chi connectivity index (χ0) is 22.3. The largest absolute Gasteiger partial charge is 0.508 e. The summed E-state index contributed by atoms with van der Waals surface area (Å²) < 4.78 is 8.74. The number of aromatic nitrogens is 1. The molecule has 0 radical (unpaired) electrons. The molecule has 0 spiro atoms. The van der Waals surface area contributed by atoms with Crippen LogP contribution in [0.2, 0.25) is 0 Å². The number of rotatable bonds is 9. The third-order valence-corrected chi connectivity index (χ3v) is 4.05. The number of phenols is 1. The van der Waals surface area contributed by atoms with Gasteiger partial charge in [0.15, 0.2) is 0 Å². The number of aliphatic hydroxyl groups is 1. The van der Waals surface area contributed by atoms with Gasteiger partial charge in [0.1, 0.15) is 23.9 Å². The number of phenolic OH excluding ortho intramolecular Hbond substituents is 1. The number of amides is 2. The highest BCUT2D eigenvalue weighted by molar-refractivity contribution is 6.01. The average molecular weight is 401 g/mol. The summed E-state index contributed by atoms with van der Waals surface area (Å²) in [6, 6.07) is 5.92. The van der Waals surface area contributed by atoms with E-state index in [0.717, 1.165) is 4.90 Å². The second-order valence-electron chi connectivity index (χ2n) is 6.35. The Balaban J connectivity index is 2.47. The van der Waals surface area contributed by atoms with Gasteiger partial charge in [-0.05, 0) is 36.8 Å². The number of nitrogens with two attached hydrogens (primary N) is 1. The fourth-order valence-corrected chi connectivity index (χ4v) is 2.53. The van der Waals surface area contributed by atoms with E-state index in [1.165, 1.54) is 43.5 Å². The Morgan fingerprint density at radius 3 is 2.52 bits per heavy atom. The number of aliphatic hydroxyl groups excluding tert-OH is 1. The topological polar surface area (TPSA) is 146 Å². The second-order valence-corrected chi connectivity index (χ2v) is 6.35. The van der Waals surface area contributed by atoms with E-state index in [9.17, 15) is 24.6 Å². The van der Waals surface area contributed by atoms with E-state index in [4.69, 9.17) is 7.10 Å². The van der Waals surface area contributed by atoms with Crippen molar-refractivity contribution in [2.45, 2.75) is 31.4 Å². The minimum atomic E-state index is -2.14. The maximum absolute atomic E-state index is 13.2. The molecule has 29 heavy (non-hydrogen) atoms. The van der Waals surface area contributed by atoms with Gasteiger partial charge >= 0.3 is 0 Å². The van der Waals surface area contributed by atoms with Crippen molar-refractivity contribution < 1.29 is 26.0 Å². The fourth-order valence-electron chi connectivity index (χ4n) is 2.53. The summed E-state index contributed by atoms with van der Waals surface area (Å²) in [4.78, 5) is 42.1. The Labute approximate surface area is 169 Å². The van der Waals surface area contributed by atoms with Gasteiger partial charge in [-0.1, -0.05) is 18.2 Å². The van der Waals surface area contributed by atoms with Crippen LogP contribution in [0, 0.1) is 0 Å². The molecule has 2 aromatic rings. The Hall–Kier alpha value is -3.30. The maximum Gasteiger partial charge on any atom is 0.253 e. The van der Waals surface area contributed by atoms with Crippen LogP contribution in [-0.4, -0.2) is 58.0 Å². The standard InChI is InChI=1S/C20H24N4O5/c1-13(21)19(28)23-17(12-26)20(29)24(18-4-2-3-9-22-18)15(11-25)10-14-5-7-16(27)8-6-14/h2-9,11,13,15,17,26-27H,10,12,21H2,1H3,(H,23,28)/t13-,15-,17-/m0/s1/i15D. The number of nitrogens with one attached hydrogen (secondary N) is 1. The summed E-state index contributed by atoms with van der Waals surface area (Å²) in [5.41, 5.74) is 6.01. The summed E-state index contributed by atoms with van der Waals surface area (Å²) in [6.45, 7) is 0.643. The molecular formula is C20H24N4O5. The van der Waals surface area contributed by atoms with Crippen LogP contribution in [0.4, 0.5) is 5.82 Å². The lowest BCUT2D eigenvalue weighted by Crippen LogP contribution is -2.56. The van der Waals surface area contributed by atoms with E-state index < -0.39 is 36.5 Å². The molecule has 9 heteroatoms. The third-order valence-electron chi connectivity index (χ3n) is 4.05. The first kappa shape index (κ1) is 20.4. The minimum absolute atomic E-state index is 0.00289. The molecule has 154 valence electrons. The molecule has 0 saturated heterocycles. The van der Waals surface area contributed by atoms with E-state index in [2.05, 4.69) is 10.3 Å². The molecule has 5 N–H and O–H groups in total. The van der Waals surface area contributed by atoms with Gasteiger partial charge in [-0.3, -0.25) is 14.5 Å². The molecule has 1 aromatic heterocycles. The highest BCUT2D eigenvalue weighted by Crippen LogP contribution is 2.19. The predicted molar refractivity (Wildman–Crippen MR) is 106 cm³/mol. The molecule has 2 rings (SSSR count). The molecule has 0 unspecified atom stereocenters. The first-order chi connectivity index (χ1) is 14.2. The van der Waals surface area contributed by atoms with Crippen molar-refractivity contribution in [3.05, 3.63) is 54.2 Å². The average Bonchev–Trinajstić information content (AvgIpc) is 2.74. The van der Waals surface area contributed by atoms with Gasteiger partial charge in [0.05, 0.1) is 20.0 Å². The molecule has 0 fully saturated rings. The van der Waals surface area contributed by atoms with Crippen molar-refractivity contribution in [1.82, 2.24) is 10.3 Å². The molecular weight excluding hydrogens is 376 g/mol. The van der Waals surface area contributed by atoms with Gasteiger partial charge in [0.25, 0.3) is 5.91 Å². The summed E-state index contributed by atoms with van der Waals surface area (Å²) in [5.74, 6) is -1.57. The van der Waals surface area contributed by atoms with Gasteiger partial charge in [0.2, 0.25) is 5.91 Å². The van der Waals surface area contributed by atoms with Gasteiger partial charge < -0.3 is 26.1 Å². The summed E-state index contributed by atoms with van der Waals surface area (Å²) >= 11 is 0. The monoisotopic (exact) mass is 401 g/mol. The van der Waals surface area contributed by atoms with Crippen LogP contribution in [0.15, 0.2) is 48.7 Å². The second kappa shape index (κ2) is 10.3. The van der Waals surface area contributed by atoms with Crippen LogP contribution < -0.4 is 16.0 Å². The fraction of sp³-hybridized carbons (Fsp3) is 0.300. The molecule has 1 heterocycles. The van der Waals surface area contributed by atoms with Crippen molar-refractivity contribution >= 4 is 23.9 Å². The van der Waals surface area contributed by atoms with Crippen LogP contribution in [0.25, 0.3) is 0 Å². The van der Waals surface area contributed by atoms with Crippen molar-refractivity contribution in [2.24, 2.45) is 5.73 Å². The third kappa shape index (κ3) is 5.84. The molecule has 0 aliphatic heterocycles. The van der Waals surface area contributed by atoms with Crippen molar-refractivity contribution in [1.29, 1.82) is 0 Å². The molecule has 0 bridgehead atoms. The number of hydrogen-bond acceptors (Lipinski definition) is 7. The number of pyridine rings is 1. The molecule has 9 nitrogen and oxygen atoms in total. The highest BCUT2D eigenvalue weighted by atomic mass is 16.3. The minimum Gasteiger partial charge on any atom is -0.508 e. The van der Waals surface area contributed by atoms with Gasteiger partial charge in [-0.2, -0.15) is 0 Å². The molecule has 0 saturated carbocycles. The Bertz CT molecular complexity index is 879. The lowest BCUT2D eigenvalue weighted by atomic mass is 10.0. The van der Waals surface area contributed by atoms with E-state index in [1.807, 2.05) is 0 Å². The smallest absolute Gasteiger partial charge is 0.253 e. The van der Waals surface area contributed by atoms with Crippen molar-refractivity contribution in [2.75, 3.05) is 11.5 Å². The molecule has 3 atom stereocenters.